The number of carbonyl (C=O) groups is 1. The quantitative estimate of drug-likeness (QED) is 0.757. The third-order valence-electron chi connectivity index (χ3n) is 4.59. The van der Waals surface area contributed by atoms with Gasteiger partial charge in [-0.1, -0.05) is 0 Å². The highest BCUT2D eigenvalue weighted by molar-refractivity contribution is 5.94. The molecule has 2 saturated heterocycles. The van der Waals surface area contributed by atoms with Crippen molar-refractivity contribution < 1.29 is 4.79 Å². The number of rotatable bonds is 6. The molecule has 3 heterocycles. The monoisotopic (exact) mass is 317 g/mol. The molecule has 23 heavy (non-hydrogen) atoms. The number of nitrogens with zero attached hydrogens (tertiary/aromatic N) is 3. The molecule has 0 radical (unpaired) electrons. The Morgan fingerprint density at radius 2 is 1.96 bits per heavy atom. The summed E-state index contributed by atoms with van der Waals surface area (Å²) in [4.78, 5) is 21.3. The van der Waals surface area contributed by atoms with Crippen LogP contribution in [0, 0.1) is 0 Å². The Balaban J connectivity index is 1.39. The predicted molar refractivity (Wildman–Crippen MR) is 91.9 cm³/mol. The third-order valence-corrected chi connectivity index (χ3v) is 4.59. The van der Waals surface area contributed by atoms with Crippen molar-refractivity contribution in [3.8, 4) is 0 Å². The van der Waals surface area contributed by atoms with Gasteiger partial charge in [-0.05, 0) is 37.9 Å². The van der Waals surface area contributed by atoms with Crippen LogP contribution < -0.4 is 15.5 Å². The Bertz CT molecular complexity index is 492. The Hall–Kier alpha value is -1.66. The lowest BCUT2D eigenvalue weighted by Gasteiger charge is -2.27. The highest BCUT2D eigenvalue weighted by Crippen LogP contribution is 2.17. The Morgan fingerprint density at radius 1 is 1.17 bits per heavy atom. The highest BCUT2D eigenvalue weighted by Gasteiger charge is 2.14. The number of pyridine rings is 1. The Morgan fingerprint density at radius 3 is 2.65 bits per heavy atom. The number of hydrogen-bond acceptors (Lipinski definition) is 5. The second kappa shape index (κ2) is 8.26. The normalized spacial score (nSPS) is 19.0. The van der Waals surface area contributed by atoms with E-state index in [1.807, 2.05) is 12.1 Å². The lowest BCUT2D eigenvalue weighted by Crippen LogP contribution is -2.44. The van der Waals surface area contributed by atoms with Gasteiger partial charge in [0.05, 0.1) is 5.56 Å². The summed E-state index contributed by atoms with van der Waals surface area (Å²) in [5, 5.41) is 6.34. The molecule has 2 aliphatic rings. The van der Waals surface area contributed by atoms with Crippen molar-refractivity contribution in [3.63, 3.8) is 0 Å². The van der Waals surface area contributed by atoms with Gasteiger partial charge in [0.1, 0.15) is 5.82 Å². The van der Waals surface area contributed by atoms with Crippen molar-refractivity contribution in [3.05, 3.63) is 23.9 Å². The molecule has 0 aliphatic carbocycles. The second-order valence-corrected chi connectivity index (χ2v) is 6.30. The summed E-state index contributed by atoms with van der Waals surface area (Å²) in [6.07, 6.45) is 5.15. The average molecular weight is 317 g/mol. The summed E-state index contributed by atoms with van der Waals surface area (Å²) < 4.78 is 0. The number of amides is 1. The number of aromatic nitrogens is 1. The van der Waals surface area contributed by atoms with Gasteiger partial charge in [-0.15, -0.1) is 0 Å². The molecule has 6 nitrogen and oxygen atoms in total. The molecule has 1 aromatic heterocycles. The first-order chi connectivity index (χ1) is 11.3. The van der Waals surface area contributed by atoms with E-state index in [1.165, 1.54) is 12.8 Å². The van der Waals surface area contributed by atoms with E-state index in [2.05, 4.69) is 25.4 Å². The van der Waals surface area contributed by atoms with Crippen LogP contribution in [0.4, 0.5) is 5.82 Å². The van der Waals surface area contributed by atoms with Gasteiger partial charge in [-0.3, -0.25) is 4.79 Å². The Kier molecular flexibility index (Phi) is 5.82. The van der Waals surface area contributed by atoms with Crippen LogP contribution in [0.25, 0.3) is 0 Å². The lowest BCUT2D eigenvalue weighted by molar-refractivity contribution is 0.0951. The fourth-order valence-electron chi connectivity index (χ4n) is 3.20. The van der Waals surface area contributed by atoms with Crippen LogP contribution >= 0.6 is 0 Å². The largest absolute Gasteiger partial charge is 0.357 e. The third kappa shape index (κ3) is 4.65. The maximum absolute atomic E-state index is 12.1. The van der Waals surface area contributed by atoms with Crippen LogP contribution in [0.5, 0.6) is 0 Å². The molecule has 2 N–H and O–H groups in total. The van der Waals surface area contributed by atoms with Gasteiger partial charge in [0.25, 0.3) is 5.91 Å². The summed E-state index contributed by atoms with van der Waals surface area (Å²) in [7, 11) is 0. The molecule has 1 amide bonds. The zero-order valence-electron chi connectivity index (χ0n) is 13.8. The van der Waals surface area contributed by atoms with E-state index < -0.39 is 0 Å². The van der Waals surface area contributed by atoms with Crippen molar-refractivity contribution in [1.29, 1.82) is 0 Å². The minimum atomic E-state index is -0.0224. The van der Waals surface area contributed by atoms with Gasteiger partial charge in [-0.25, -0.2) is 4.98 Å². The summed E-state index contributed by atoms with van der Waals surface area (Å²) in [6.45, 7) is 8.27. The topological polar surface area (TPSA) is 60.5 Å². The van der Waals surface area contributed by atoms with E-state index >= 15 is 0 Å². The molecular weight excluding hydrogens is 290 g/mol. The van der Waals surface area contributed by atoms with E-state index in [9.17, 15) is 4.79 Å². The van der Waals surface area contributed by atoms with E-state index in [-0.39, 0.29) is 5.91 Å². The van der Waals surface area contributed by atoms with Gasteiger partial charge in [0, 0.05) is 52.0 Å². The first kappa shape index (κ1) is 16.2. The fraction of sp³-hybridized carbons (Fsp3) is 0.647. The molecule has 0 bridgehead atoms. The number of piperazine rings is 1. The minimum Gasteiger partial charge on any atom is -0.357 e. The van der Waals surface area contributed by atoms with Crippen molar-refractivity contribution >= 4 is 11.7 Å². The van der Waals surface area contributed by atoms with Crippen LogP contribution in [0.15, 0.2) is 18.3 Å². The molecule has 0 atom stereocenters. The van der Waals surface area contributed by atoms with Crippen LogP contribution in [-0.4, -0.2) is 68.1 Å². The maximum Gasteiger partial charge on any atom is 0.252 e. The number of carbonyl (C=O) groups excluding carboxylic acids is 1. The van der Waals surface area contributed by atoms with E-state index in [1.54, 1.807) is 6.20 Å². The molecule has 2 aliphatic heterocycles. The van der Waals surface area contributed by atoms with Crippen LogP contribution in [0.1, 0.15) is 29.6 Å². The summed E-state index contributed by atoms with van der Waals surface area (Å²) in [6, 6.07) is 3.84. The van der Waals surface area contributed by atoms with Crippen molar-refractivity contribution in [2.45, 2.75) is 19.3 Å². The SMILES string of the molecule is O=C(NCCCN1CCNCC1)c1ccc(N2CCCC2)nc1. The smallest absolute Gasteiger partial charge is 0.252 e. The van der Waals surface area contributed by atoms with Gasteiger partial charge in [-0.2, -0.15) is 0 Å². The zero-order chi connectivity index (χ0) is 15.9. The Labute approximate surface area is 138 Å². The molecule has 126 valence electrons. The predicted octanol–water partition coefficient (Wildman–Crippen LogP) is 0.707. The fourth-order valence-corrected chi connectivity index (χ4v) is 3.20. The van der Waals surface area contributed by atoms with E-state index in [0.29, 0.717) is 5.56 Å². The molecular formula is C17H27N5O. The zero-order valence-corrected chi connectivity index (χ0v) is 13.8. The van der Waals surface area contributed by atoms with Gasteiger partial charge < -0.3 is 20.4 Å². The van der Waals surface area contributed by atoms with Gasteiger partial charge in [0.15, 0.2) is 0 Å². The summed E-state index contributed by atoms with van der Waals surface area (Å²) >= 11 is 0. The summed E-state index contributed by atoms with van der Waals surface area (Å²) in [5.74, 6) is 0.962. The molecule has 1 aromatic rings. The molecule has 0 unspecified atom stereocenters. The number of anilines is 1. The van der Waals surface area contributed by atoms with Crippen LogP contribution in [0.2, 0.25) is 0 Å². The van der Waals surface area contributed by atoms with Crippen molar-refractivity contribution in [2.24, 2.45) is 0 Å². The van der Waals surface area contributed by atoms with Gasteiger partial charge in [0.2, 0.25) is 0 Å². The molecule has 0 aromatic carbocycles. The second-order valence-electron chi connectivity index (χ2n) is 6.30. The minimum absolute atomic E-state index is 0.0224. The van der Waals surface area contributed by atoms with Gasteiger partial charge >= 0.3 is 0 Å². The molecule has 0 saturated carbocycles. The summed E-state index contributed by atoms with van der Waals surface area (Å²) in [5.41, 5.74) is 0.648. The van der Waals surface area contributed by atoms with E-state index in [0.717, 1.165) is 64.6 Å². The molecule has 3 rings (SSSR count). The number of nitrogens with one attached hydrogen (secondary N) is 2. The van der Waals surface area contributed by atoms with Crippen LogP contribution in [-0.2, 0) is 0 Å². The van der Waals surface area contributed by atoms with Crippen molar-refractivity contribution in [1.82, 2.24) is 20.5 Å². The molecule has 6 heteroatoms. The highest BCUT2D eigenvalue weighted by atomic mass is 16.1. The van der Waals surface area contributed by atoms with Crippen LogP contribution in [0.3, 0.4) is 0 Å². The standard InChI is InChI=1S/C17H27N5O/c23-17(19-6-3-9-21-12-7-18-8-13-21)15-4-5-16(20-14-15)22-10-1-2-11-22/h4-5,14,18H,1-3,6-13H2,(H,19,23). The van der Waals surface area contributed by atoms with Crippen molar-refractivity contribution in [2.75, 3.05) is 57.3 Å². The lowest BCUT2D eigenvalue weighted by atomic mass is 10.2. The first-order valence-electron chi connectivity index (χ1n) is 8.75. The maximum atomic E-state index is 12.1. The number of hydrogen-bond donors (Lipinski definition) is 2. The molecule has 0 spiro atoms. The molecule has 2 fully saturated rings. The average Bonchev–Trinajstić information content (AvgIpc) is 3.14. The first-order valence-corrected chi connectivity index (χ1v) is 8.75. The van der Waals surface area contributed by atoms with E-state index in [4.69, 9.17) is 0 Å².